The first-order valence-corrected chi connectivity index (χ1v) is 17.2. The molecule has 0 radical (unpaired) electrons. The minimum atomic E-state index is 0.466. The summed E-state index contributed by atoms with van der Waals surface area (Å²) in [5.41, 5.74) is 2.75. The van der Waals surface area contributed by atoms with E-state index in [9.17, 15) is 9.59 Å². The number of carbonyl (C=O) groups is 2. The predicted octanol–water partition coefficient (Wildman–Crippen LogP) is 12.5. The Morgan fingerprint density at radius 1 is 0.475 bits per heavy atom. The summed E-state index contributed by atoms with van der Waals surface area (Å²) >= 11 is 0. The van der Waals surface area contributed by atoms with Gasteiger partial charge in [-0.3, -0.25) is 9.59 Å². The molecule has 0 rings (SSSR count). The van der Waals surface area contributed by atoms with E-state index in [2.05, 4.69) is 65.8 Å². The second kappa shape index (κ2) is 27.7. The van der Waals surface area contributed by atoms with Gasteiger partial charge in [0.25, 0.3) is 0 Å². The Hall–Kier alpha value is -1.44. The first-order valence-electron chi connectivity index (χ1n) is 17.2. The van der Waals surface area contributed by atoms with Crippen molar-refractivity contribution in [3.05, 3.63) is 35.5 Å². The van der Waals surface area contributed by atoms with Gasteiger partial charge in [0.1, 0.15) is 11.6 Å². The molecule has 0 aromatic heterocycles. The summed E-state index contributed by atoms with van der Waals surface area (Å²) in [6.07, 6.45) is 34.3. The minimum Gasteiger partial charge on any atom is -0.300 e. The maximum Gasteiger partial charge on any atom is 0.133 e. The molecule has 0 heterocycles. The fourth-order valence-electron chi connectivity index (χ4n) is 5.32. The Bertz CT molecular complexity index is 643. The molecule has 2 nitrogen and oxygen atoms in total. The van der Waals surface area contributed by atoms with Crippen molar-refractivity contribution in [2.24, 2.45) is 11.8 Å². The van der Waals surface area contributed by atoms with Gasteiger partial charge in [-0.15, -0.1) is 0 Å². The van der Waals surface area contributed by atoms with Gasteiger partial charge in [0.05, 0.1) is 0 Å². The van der Waals surface area contributed by atoms with E-state index >= 15 is 0 Å². The van der Waals surface area contributed by atoms with Crippen LogP contribution >= 0.6 is 0 Å². The third-order valence-corrected chi connectivity index (χ3v) is 7.90. The Morgan fingerprint density at radius 3 is 1.15 bits per heavy atom. The lowest BCUT2D eigenvalue weighted by Crippen LogP contribution is -2.05. The maximum absolute atomic E-state index is 12.2. The average Bonchev–Trinajstić information content (AvgIpc) is 2.87. The van der Waals surface area contributed by atoms with E-state index < -0.39 is 0 Å². The highest BCUT2D eigenvalue weighted by Crippen LogP contribution is 2.17. The fourth-order valence-corrected chi connectivity index (χ4v) is 5.32. The van der Waals surface area contributed by atoms with E-state index in [1.807, 2.05) is 0 Å². The molecule has 0 aromatic rings. The van der Waals surface area contributed by atoms with Crippen LogP contribution in [0.5, 0.6) is 0 Å². The Labute approximate surface area is 250 Å². The van der Waals surface area contributed by atoms with Crippen molar-refractivity contribution in [2.75, 3.05) is 0 Å². The molecule has 0 saturated carbocycles. The lowest BCUT2D eigenvalue weighted by molar-refractivity contribution is -0.120. The summed E-state index contributed by atoms with van der Waals surface area (Å²) in [6.45, 7) is 13.0. The number of ketones is 2. The van der Waals surface area contributed by atoms with Crippen LogP contribution in [0.1, 0.15) is 183 Å². The van der Waals surface area contributed by atoms with E-state index in [0.29, 0.717) is 23.4 Å². The number of unbranched alkanes of at least 4 members (excludes halogenated alkanes) is 12. The molecule has 2 heteroatoms. The van der Waals surface area contributed by atoms with E-state index in [4.69, 9.17) is 0 Å². The summed E-state index contributed by atoms with van der Waals surface area (Å²) in [6, 6.07) is 0. The second-order valence-corrected chi connectivity index (χ2v) is 13.2. The molecule has 0 aliphatic carbocycles. The quantitative estimate of drug-likeness (QED) is 0.0709. The zero-order chi connectivity index (χ0) is 29.8. The van der Waals surface area contributed by atoms with E-state index in [0.717, 1.165) is 64.2 Å². The monoisotopic (exact) mass is 557 g/mol. The van der Waals surface area contributed by atoms with E-state index in [-0.39, 0.29) is 0 Å². The predicted molar refractivity (Wildman–Crippen MR) is 178 cm³/mol. The first-order chi connectivity index (χ1) is 19.2. The van der Waals surface area contributed by atoms with Crippen molar-refractivity contribution in [2.45, 2.75) is 183 Å². The third kappa shape index (κ3) is 29.5. The van der Waals surface area contributed by atoms with E-state index in [1.165, 1.54) is 88.2 Å². The number of allylic oxidation sites excluding steroid dienone is 6. The molecule has 232 valence electrons. The molecule has 0 aromatic carbocycles. The molecule has 40 heavy (non-hydrogen) atoms. The van der Waals surface area contributed by atoms with Crippen LogP contribution in [-0.2, 0) is 9.59 Å². The normalized spacial score (nSPS) is 12.8. The Morgan fingerprint density at radius 2 is 0.800 bits per heavy atom. The number of hydrogen-bond acceptors (Lipinski definition) is 2. The van der Waals surface area contributed by atoms with Gasteiger partial charge in [-0.05, 0) is 104 Å². The molecule has 0 saturated heterocycles. The molecule has 0 bridgehead atoms. The number of carbonyl (C=O) groups excluding carboxylic acids is 2. The highest BCUT2D eigenvalue weighted by atomic mass is 16.1. The Balaban J connectivity index is 3.42. The van der Waals surface area contributed by atoms with Gasteiger partial charge in [0.15, 0.2) is 0 Å². The van der Waals surface area contributed by atoms with Crippen LogP contribution < -0.4 is 0 Å². The first kappa shape index (κ1) is 38.6. The molecule has 0 fully saturated rings. The van der Waals surface area contributed by atoms with Crippen LogP contribution in [-0.4, -0.2) is 11.6 Å². The molecular weight excluding hydrogens is 488 g/mol. The molecule has 0 aliphatic rings. The highest BCUT2D eigenvalue weighted by Gasteiger charge is 2.09. The van der Waals surface area contributed by atoms with Crippen molar-refractivity contribution in [3.8, 4) is 0 Å². The lowest BCUT2D eigenvalue weighted by Gasteiger charge is -2.09. The minimum absolute atomic E-state index is 0.466. The number of Topliss-reactive ketones (excluding diaryl/α,β-unsaturated/α-hetero) is 2. The molecule has 2 atom stereocenters. The van der Waals surface area contributed by atoms with Gasteiger partial charge in [-0.2, -0.15) is 0 Å². The topological polar surface area (TPSA) is 34.1 Å². The smallest absolute Gasteiger partial charge is 0.133 e. The van der Waals surface area contributed by atoms with Crippen LogP contribution in [0.2, 0.25) is 0 Å². The van der Waals surface area contributed by atoms with Crippen molar-refractivity contribution < 1.29 is 9.59 Å². The molecule has 0 unspecified atom stereocenters. The highest BCUT2D eigenvalue weighted by molar-refractivity contribution is 5.78. The summed E-state index contributed by atoms with van der Waals surface area (Å²) in [7, 11) is 0. The average molecular weight is 557 g/mol. The Kier molecular flexibility index (Phi) is 26.7. The van der Waals surface area contributed by atoms with Gasteiger partial charge in [-0.1, -0.05) is 101 Å². The number of rotatable bonds is 28. The van der Waals surface area contributed by atoms with Crippen LogP contribution in [0.3, 0.4) is 0 Å². The number of hydrogen-bond donors (Lipinski definition) is 0. The SMILES string of the molecule is CC(C)=CCC[C@@H](C)CC(=O)CCCCCCCC/C=C/CCCCCCCCC(=O)C[C@H](C)CCC=C(C)C. The standard InChI is InChI=1S/C38H68O2/c1-33(2)25-23-27-35(5)31-37(39)29-21-19-17-15-13-11-9-7-8-10-12-14-16-18-20-22-30-38(40)32-36(6)28-24-26-34(3)4/h7-8,25-26,35-36H,9-24,27-32H2,1-6H3/b8-7+/t35-,36-/m1/s1. The summed E-state index contributed by atoms with van der Waals surface area (Å²) in [4.78, 5) is 24.3. The van der Waals surface area contributed by atoms with Crippen LogP contribution in [0.25, 0.3) is 0 Å². The van der Waals surface area contributed by atoms with Gasteiger partial charge >= 0.3 is 0 Å². The largest absolute Gasteiger partial charge is 0.300 e. The van der Waals surface area contributed by atoms with Crippen LogP contribution in [0.4, 0.5) is 0 Å². The zero-order valence-electron chi connectivity index (χ0n) is 27.8. The van der Waals surface area contributed by atoms with Crippen molar-refractivity contribution in [1.29, 1.82) is 0 Å². The van der Waals surface area contributed by atoms with Crippen molar-refractivity contribution >= 4 is 11.6 Å². The van der Waals surface area contributed by atoms with Gasteiger partial charge in [-0.25, -0.2) is 0 Å². The van der Waals surface area contributed by atoms with Gasteiger partial charge in [0, 0.05) is 25.7 Å². The third-order valence-electron chi connectivity index (χ3n) is 7.90. The van der Waals surface area contributed by atoms with Crippen LogP contribution in [0.15, 0.2) is 35.5 Å². The van der Waals surface area contributed by atoms with Crippen molar-refractivity contribution in [3.63, 3.8) is 0 Å². The second-order valence-electron chi connectivity index (χ2n) is 13.2. The lowest BCUT2D eigenvalue weighted by atomic mass is 9.96. The molecular formula is C38H68O2. The summed E-state index contributed by atoms with van der Waals surface area (Å²) in [5, 5.41) is 0. The van der Waals surface area contributed by atoms with Gasteiger partial charge in [0.2, 0.25) is 0 Å². The zero-order valence-corrected chi connectivity index (χ0v) is 27.8. The maximum atomic E-state index is 12.2. The molecule has 0 aliphatic heterocycles. The van der Waals surface area contributed by atoms with Crippen molar-refractivity contribution in [1.82, 2.24) is 0 Å². The van der Waals surface area contributed by atoms with Gasteiger partial charge < -0.3 is 0 Å². The van der Waals surface area contributed by atoms with E-state index in [1.54, 1.807) is 0 Å². The van der Waals surface area contributed by atoms with Crippen LogP contribution in [0, 0.1) is 11.8 Å². The molecule has 0 N–H and O–H groups in total. The molecule has 0 amide bonds. The summed E-state index contributed by atoms with van der Waals surface area (Å²) < 4.78 is 0. The molecule has 0 spiro atoms. The fraction of sp³-hybridized carbons (Fsp3) is 0.789. The summed E-state index contributed by atoms with van der Waals surface area (Å²) in [5.74, 6) is 1.97.